The molecule has 0 aliphatic carbocycles. The van der Waals surface area contributed by atoms with Gasteiger partial charge in [0.05, 0.1) is 16.2 Å². The van der Waals surface area contributed by atoms with Crippen LogP contribution < -0.4 is 19.7 Å². The van der Waals surface area contributed by atoms with Gasteiger partial charge in [0, 0.05) is 23.9 Å². The van der Waals surface area contributed by atoms with Crippen LogP contribution >= 0.6 is 0 Å². The molecule has 0 saturated heterocycles. The van der Waals surface area contributed by atoms with Gasteiger partial charge >= 0.3 is 0 Å². The molecule has 0 unspecified atom stereocenters. The molecule has 0 aromatic heterocycles. The van der Waals surface area contributed by atoms with Crippen LogP contribution in [0.2, 0.25) is 0 Å². The minimum Gasteiger partial charge on any atom is -0.454 e. The van der Waals surface area contributed by atoms with Crippen molar-refractivity contribution in [2.24, 2.45) is 0 Å². The molecule has 0 spiro atoms. The van der Waals surface area contributed by atoms with Crippen molar-refractivity contribution in [1.29, 1.82) is 0 Å². The summed E-state index contributed by atoms with van der Waals surface area (Å²) in [6.07, 6.45) is 0. The number of imide groups is 1. The Morgan fingerprint density at radius 1 is 0.909 bits per heavy atom. The average molecular weight is 443 g/mol. The third-order valence-corrected chi connectivity index (χ3v) is 5.38. The second-order valence-corrected chi connectivity index (χ2v) is 7.53. The highest BCUT2D eigenvalue weighted by molar-refractivity contribution is 6.46. The molecule has 2 amide bonds. The molecule has 9 nitrogen and oxygen atoms in total. The fourth-order valence-electron chi connectivity index (χ4n) is 3.71. The summed E-state index contributed by atoms with van der Waals surface area (Å²) < 4.78 is 10.7. The van der Waals surface area contributed by atoms with Crippen LogP contribution in [0.5, 0.6) is 11.5 Å². The molecule has 5 rings (SSSR count). The Morgan fingerprint density at radius 2 is 1.61 bits per heavy atom. The molecule has 3 aromatic rings. The number of nitrogens with zero attached hydrogens (tertiary/aromatic N) is 2. The summed E-state index contributed by atoms with van der Waals surface area (Å²) in [5.74, 6) is 0.0423. The summed E-state index contributed by atoms with van der Waals surface area (Å²) in [5.41, 5.74) is 2.40. The lowest BCUT2D eigenvalue weighted by Gasteiger charge is -2.15. The van der Waals surface area contributed by atoms with Gasteiger partial charge in [-0.25, -0.2) is 4.90 Å². The molecule has 164 valence electrons. The Hall–Kier alpha value is -4.66. The van der Waals surface area contributed by atoms with E-state index in [9.17, 15) is 19.7 Å². The maximum absolute atomic E-state index is 13.4. The molecule has 2 aliphatic rings. The lowest BCUT2D eigenvalue weighted by molar-refractivity contribution is -0.384. The van der Waals surface area contributed by atoms with E-state index < -0.39 is 16.7 Å². The topological polar surface area (TPSA) is 111 Å². The van der Waals surface area contributed by atoms with Crippen LogP contribution in [0.1, 0.15) is 11.1 Å². The first-order valence-corrected chi connectivity index (χ1v) is 10.0. The van der Waals surface area contributed by atoms with Gasteiger partial charge in [0.15, 0.2) is 11.5 Å². The quantitative estimate of drug-likeness (QED) is 0.360. The number of benzene rings is 3. The van der Waals surface area contributed by atoms with Crippen LogP contribution in [-0.4, -0.2) is 23.5 Å². The molecule has 9 heteroatoms. The SMILES string of the molecule is Cc1ccc(N2C(=O)C(Nc3ccc4c(c3)OCO4)=C(c3ccc([N+](=O)[O-])cc3)C2=O)cc1. The van der Waals surface area contributed by atoms with Crippen LogP contribution in [-0.2, 0) is 9.59 Å². The Balaban J connectivity index is 1.59. The van der Waals surface area contributed by atoms with Gasteiger partial charge in [-0.15, -0.1) is 0 Å². The lowest BCUT2D eigenvalue weighted by atomic mass is 10.0. The number of hydrogen-bond acceptors (Lipinski definition) is 7. The number of nitro groups is 1. The number of amides is 2. The van der Waals surface area contributed by atoms with Gasteiger partial charge in [-0.1, -0.05) is 17.7 Å². The number of hydrogen-bond donors (Lipinski definition) is 1. The summed E-state index contributed by atoms with van der Waals surface area (Å²) >= 11 is 0. The second-order valence-electron chi connectivity index (χ2n) is 7.53. The fourth-order valence-corrected chi connectivity index (χ4v) is 3.71. The number of nitro benzene ring substituents is 1. The van der Waals surface area contributed by atoms with Gasteiger partial charge in [-0.3, -0.25) is 19.7 Å². The molecule has 33 heavy (non-hydrogen) atoms. The Bertz CT molecular complexity index is 1330. The Labute approximate surface area is 188 Å². The van der Waals surface area contributed by atoms with Crippen molar-refractivity contribution >= 4 is 34.4 Å². The van der Waals surface area contributed by atoms with Crippen molar-refractivity contribution in [1.82, 2.24) is 0 Å². The molecule has 2 aliphatic heterocycles. The Morgan fingerprint density at radius 3 is 2.30 bits per heavy atom. The number of carbonyl (C=O) groups is 2. The number of non-ortho nitro benzene ring substituents is 1. The van der Waals surface area contributed by atoms with Crippen LogP contribution in [0.25, 0.3) is 5.57 Å². The molecule has 0 atom stereocenters. The standard InChI is InChI=1S/C24H17N3O6/c1-14-2-7-17(8-3-14)26-23(28)21(15-4-9-18(10-5-15)27(30)31)22(24(26)29)25-16-6-11-19-20(12-16)33-13-32-19/h2-12,25H,13H2,1H3. The maximum atomic E-state index is 13.4. The van der Waals surface area contributed by atoms with Crippen LogP contribution in [0.15, 0.2) is 72.4 Å². The van der Waals surface area contributed by atoms with Gasteiger partial charge in [0.1, 0.15) is 5.70 Å². The van der Waals surface area contributed by atoms with E-state index in [0.717, 1.165) is 10.5 Å². The molecule has 0 radical (unpaired) electrons. The minimum atomic E-state index is -0.533. The predicted octanol–water partition coefficient (Wildman–Crippen LogP) is 4.03. The molecule has 0 saturated carbocycles. The molecule has 3 aromatic carbocycles. The number of nitrogens with one attached hydrogen (secondary N) is 1. The van der Waals surface area contributed by atoms with E-state index in [0.29, 0.717) is 28.4 Å². The normalized spacial score (nSPS) is 14.8. The summed E-state index contributed by atoms with van der Waals surface area (Å²) in [7, 11) is 0. The van der Waals surface area contributed by atoms with Crippen LogP contribution in [0.4, 0.5) is 17.1 Å². The fraction of sp³-hybridized carbons (Fsp3) is 0.0833. The van der Waals surface area contributed by atoms with Crippen LogP contribution in [0.3, 0.4) is 0 Å². The zero-order chi connectivity index (χ0) is 23.1. The molecule has 1 N–H and O–H groups in total. The number of fused-ring (bicyclic) bond motifs is 1. The van der Waals surface area contributed by atoms with E-state index >= 15 is 0 Å². The van der Waals surface area contributed by atoms with Gasteiger partial charge in [0.25, 0.3) is 17.5 Å². The number of aryl methyl sites for hydroxylation is 1. The van der Waals surface area contributed by atoms with Gasteiger partial charge in [0.2, 0.25) is 6.79 Å². The first kappa shape index (κ1) is 20.3. The smallest absolute Gasteiger partial charge is 0.282 e. The van der Waals surface area contributed by atoms with Gasteiger partial charge in [-0.05, 0) is 48.9 Å². The largest absolute Gasteiger partial charge is 0.454 e. The first-order chi connectivity index (χ1) is 15.9. The van der Waals surface area contributed by atoms with Crippen molar-refractivity contribution in [3.63, 3.8) is 0 Å². The van der Waals surface area contributed by atoms with E-state index in [-0.39, 0.29) is 23.8 Å². The minimum absolute atomic E-state index is 0.0632. The molecule has 0 bridgehead atoms. The highest BCUT2D eigenvalue weighted by atomic mass is 16.7. The number of anilines is 2. The Kier molecular flexibility index (Phi) is 4.78. The first-order valence-electron chi connectivity index (χ1n) is 10.0. The third-order valence-electron chi connectivity index (χ3n) is 5.38. The van der Waals surface area contributed by atoms with Crippen molar-refractivity contribution in [3.05, 3.63) is 93.7 Å². The van der Waals surface area contributed by atoms with E-state index in [1.54, 1.807) is 30.3 Å². The van der Waals surface area contributed by atoms with Gasteiger partial charge in [-0.2, -0.15) is 0 Å². The molecular weight excluding hydrogens is 426 g/mol. The molecule has 2 heterocycles. The van der Waals surface area contributed by atoms with E-state index in [4.69, 9.17) is 9.47 Å². The number of carbonyl (C=O) groups excluding carboxylic acids is 2. The van der Waals surface area contributed by atoms with E-state index in [1.807, 2.05) is 19.1 Å². The summed E-state index contributed by atoms with van der Waals surface area (Å²) in [4.78, 5) is 38.5. The highest BCUT2D eigenvalue weighted by Crippen LogP contribution is 2.37. The van der Waals surface area contributed by atoms with Crippen molar-refractivity contribution < 1.29 is 24.0 Å². The third kappa shape index (κ3) is 3.55. The average Bonchev–Trinajstić information content (AvgIpc) is 3.37. The number of rotatable bonds is 5. The van der Waals surface area contributed by atoms with Crippen molar-refractivity contribution in [2.45, 2.75) is 6.92 Å². The summed E-state index contributed by atoms with van der Waals surface area (Å²) in [6.45, 7) is 2.01. The van der Waals surface area contributed by atoms with Crippen LogP contribution in [0, 0.1) is 17.0 Å². The summed E-state index contributed by atoms with van der Waals surface area (Å²) in [6, 6.07) is 17.6. The molecular formula is C24H17N3O6. The predicted molar refractivity (Wildman–Crippen MR) is 120 cm³/mol. The van der Waals surface area contributed by atoms with Crippen molar-refractivity contribution in [3.8, 4) is 11.5 Å². The maximum Gasteiger partial charge on any atom is 0.282 e. The number of ether oxygens (including phenoxy) is 2. The highest BCUT2D eigenvalue weighted by Gasteiger charge is 2.40. The summed E-state index contributed by atoms with van der Waals surface area (Å²) in [5, 5.41) is 14.1. The molecule has 0 fully saturated rings. The second kappa shape index (κ2) is 7.79. The zero-order valence-electron chi connectivity index (χ0n) is 17.4. The van der Waals surface area contributed by atoms with E-state index in [1.165, 1.54) is 24.3 Å². The lowest BCUT2D eigenvalue weighted by Crippen LogP contribution is -2.32. The zero-order valence-corrected chi connectivity index (χ0v) is 17.4. The van der Waals surface area contributed by atoms with Gasteiger partial charge < -0.3 is 14.8 Å². The van der Waals surface area contributed by atoms with Crippen molar-refractivity contribution in [2.75, 3.05) is 17.0 Å². The van der Waals surface area contributed by atoms with E-state index in [2.05, 4.69) is 5.32 Å². The monoisotopic (exact) mass is 443 g/mol.